The molecule has 2 nitrogen and oxygen atoms in total. The Bertz CT molecular complexity index is 476. The van der Waals surface area contributed by atoms with Gasteiger partial charge in [-0.15, -0.1) is 11.3 Å². The number of aryl methyl sites for hydroxylation is 1. The fourth-order valence-corrected chi connectivity index (χ4v) is 2.11. The van der Waals surface area contributed by atoms with Gasteiger partial charge in [0.15, 0.2) is 0 Å². The quantitative estimate of drug-likeness (QED) is 0.864. The zero-order chi connectivity index (χ0) is 11.4. The average molecular weight is 231 g/mol. The number of carbonyl (C=O) groups excluding carboxylic acids is 1. The molecule has 3 heteroatoms. The second kappa shape index (κ2) is 4.94. The molecule has 0 aliphatic heterocycles. The standard InChI is InChI=1S/C13H13NOS/c1-10-4-2-5-11(8-10)13(15)14-9-12-6-3-7-16-12/h2-8H,9H2,1H3,(H,14,15). The topological polar surface area (TPSA) is 29.1 Å². The number of hydrogen-bond donors (Lipinski definition) is 1. The summed E-state index contributed by atoms with van der Waals surface area (Å²) in [5.74, 6) is -0.0166. The van der Waals surface area contributed by atoms with Gasteiger partial charge in [-0.1, -0.05) is 23.8 Å². The molecule has 0 spiro atoms. The molecule has 2 aromatic rings. The van der Waals surface area contributed by atoms with Crippen molar-refractivity contribution in [2.24, 2.45) is 0 Å². The number of amides is 1. The number of rotatable bonds is 3. The van der Waals surface area contributed by atoms with Gasteiger partial charge in [0.1, 0.15) is 0 Å². The Morgan fingerprint density at radius 2 is 2.19 bits per heavy atom. The molecule has 0 fully saturated rings. The summed E-state index contributed by atoms with van der Waals surface area (Å²) in [5, 5.41) is 4.91. The van der Waals surface area contributed by atoms with Gasteiger partial charge in [-0.2, -0.15) is 0 Å². The Labute approximate surface area is 98.9 Å². The number of benzene rings is 1. The number of thiophene rings is 1. The van der Waals surface area contributed by atoms with Gasteiger partial charge in [-0.05, 0) is 30.5 Å². The summed E-state index contributed by atoms with van der Waals surface area (Å²) in [4.78, 5) is 13.0. The van der Waals surface area contributed by atoms with Crippen LogP contribution in [0.3, 0.4) is 0 Å². The normalized spacial score (nSPS) is 10.1. The zero-order valence-electron chi connectivity index (χ0n) is 9.07. The van der Waals surface area contributed by atoms with Crippen LogP contribution in [0.5, 0.6) is 0 Å². The van der Waals surface area contributed by atoms with E-state index in [0.29, 0.717) is 6.54 Å². The molecule has 0 aliphatic carbocycles. The van der Waals surface area contributed by atoms with Gasteiger partial charge in [0.05, 0.1) is 6.54 Å². The Balaban J connectivity index is 1.98. The molecule has 1 aromatic carbocycles. The lowest BCUT2D eigenvalue weighted by Crippen LogP contribution is -2.22. The molecule has 0 atom stereocenters. The molecule has 1 heterocycles. The van der Waals surface area contributed by atoms with Crippen molar-refractivity contribution in [2.45, 2.75) is 13.5 Å². The highest BCUT2D eigenvalue weighted by atomic mass is 32.1. The van der Waals surface area contributed by atoms with Crippen LogP contribution in [0, 0.1) is 6.92 Å². The van der Waals surface area contributed by atoms with Gasteiger partial charge in [0, 0.05) is 10.4 Å². The number of hydrogen-bond acceptors (Lipinski definition) is 2. The summed E-state index contributed by atoms with van der Waals surface area (Å²) in [7, 11) is 0. The van der Waals surface area contributed by atoms with Crippen LogP contribution >= 0.6 is 11.3 Å². The second-order valence-corrected chi connectivity index (χ2v) is 4.66. The molecule has 0 radical (unpaired) electrons. The van der Waals surface area contributed by atoms with Crippen LogP contribution in [0.4, 0.5) is 0 Å². The molecule has 16 heavy (non-hydrogen) atoms. The summed E-state index contributed by atoms with van der Waals surface area (Å²) in [6.45, 7) is 2.58. The third-order valence-electron chi connectivity index (χ3n) is 2.28. The van der Waals surface area contributed by atoms with Crippen molar-refractivity contribution in [1.82, 2.24) is 5.32 Å². The van der Waals surface area contributed by atoms with E-state index in [4.69, 9.17) is 0 Å². The van der Waals surface area contributed by atoms with Gasteiger partial charge in [-0.3, -0.25) is 4.79 Å². The maximum Gasteiger partial charge on any atom is 0.251 e. The number of carbonyl (C=O) groups is 1. The van der Waals surface area contributed by atoms with Gasteiger partial charge >= 0.3 is 0 Å². The van der Waals surface area contributed by atoms with Gasteiger partial charge < -0.3 is 5.32 Å². The van der Waals surface area contributed by atoms with Gasteiger partial charge in [0.25, 0.3) is 5.91 Å². The first-order valence-corrected chi connectivity index (χ1v) is 6.01. The van der Waals surface area contributed by atoms with Crippen LogP contribution in [-0.2, 0) is 6.54 Å². The minimum atomic E-state index is -0.0166. The Kier molecular flexibility index (Phi) is 3.37. The van der Waals surface area contributed by atoms with Crippen molar-refractivity contribution >= 4 is 17.2 Å². The predicted molar refractivity (Wildman–Crippen MR) is 66.7 cm³/mol. The van der Waals surface area contributed by atoms with Crippen LogP contribution in [0.25, 0.3) is 0 Å². The van der Waals surface area contributed by atoms with Crippen molar-refractivity contribution in [3.05, 3.63) is 57.8 Å². The van der Waals surface area contributed by atoms with E-state index in [1.165, 1.54) is 4.88 Å². The predicted octanol–water partition coefficient (Wildman–Crippen LogP) is 2.99. The maximum absolute atomic E-state index is 11.8. The zero-order valence-corrected chi connectivity index (χ0v) is 9.88. The van der Waals surface area contributed by atoms with Gasteiger partial charge in [-0.25, -0.2) is 0 Å². The SMILES string of the molecule is Cc1cccc(C(=O)NCc2cccs2)c1. The molecular formula is C13H13NOS. The minimum absolute atomic E-state index is 0.0166. The molecule has 0 bridgehead atoms. The summed E-state index contributed by atoms with van der Waals surface area (Å²) < 4.78 is 0. The molecule has 0 saturated carbocycles. The van der Waals surface area contributed by atoms with Crippen molar-refractivity contribution in [2.75, 3.05) is 0 Å². The van der Waals surface area contributed by atoms with E-state index < -0.39 is 0 Å². The Hall–Kier alpha value is -1.61. The van der Waals surface area contributed by atoms with Crippen LogP contribution in [0.1, 0.15) is 20.8 Å². The van der Waals surface area contributed by atoms with Crippen LogP contribution < -0.4 is 5.32 Å². The highest BCUT2D eigenvalue weighted by Gasteiger charge is 2.04. The van der Waals surface area contributed by atoms with E-state index in [1.807, 2.05) is 48.7 Å². The first kappa shape index (κ1) is 10.9. The summed E-state index contributed by atoms with van der Waals surface area (Å²) in [6.07, 6.45) is 0. The van der Waals surface area contributed by atoms with Crippen LogP contribution in [-0.4, -0.2) is 5.91 Å². The van der Waals surface area contributed by atoms with E-state index >= 15 is 0 Å². The molecule has 0 aliphatic rings. The minimum Gasteiger partial charge on any atom is -0.347 e. The van der Waals surface area contributed by atoms with Crippen molar-refractivity contribution in [3.63, 3.8) is 0 Å². The molecule has 0 unspecified atom stereocenters. The molecule has 1 N–H and O–H groups in total. The maximum atomic E-state index is 11.8. The molecule has 82 valence electrons. The monoisotopic (exact) mass is 231 g/mol. The van der Waals surface area contributed by atoms with Crippen molar-refractivity contribution < 1.29 is 4.79 Å². The second-order valence-electron chi connectivity index (χ2n) is 3.63. The van der Waals surface area contributed by atoms with E-state index in [-0.39, 0.29) is 5.91 Å². The van der Waals surface area contributed by atoms with E-state index in [2.05, 4.69) is 5.32 Å². The first-order valence-electron chi connectivity index (χ1n) is 5.13. The fourth-order valence-electron chi connectivity index (χ4n) is 1.47. The first-order chi connectivity index (χ1) is 7.75. The summed E-state index contributed by atoms with van der Waals surface area (Å²) in [6, 6.07) is 11.6. The van der Waals surface area contributed by atoms with E-state index in [0.717, 1.165) is 11.1 Å². The number of nitrogens with one attached hydrogen (secondary N) is 1. The third-order valence-corrected chi connectivity index (χ3v) is 3.16. The van der Waals surface area contributed by atoms with Crippen LogP contribution in [0.2, 0.25) is 0 Å². The largest absolute Gasteiger partial charge is 0.347 e. The molecular weight excluding hydrogens is 218 g/mol. The van der Waals surface area contributed by atoms with Gasteiger partial charge in [0.2, 0.25) is 0 Å². The molecule has 1 amide bonds. The van der Waals surface area contributed by atoms with Crippen LogP contribution in [0.15, 0.2) is 41.8 Å². The lowest BCUT2D eigenvalue weighted by Gasteiger charge is -2.04. The van der Waals surface area contributed by atoms with Crippen molar-refractivity contribution in [1.29, 1.82) is 0 Å². The summed E-state index contributed by atoms with van der Waals surface area (Å²) in [5.41, 5.74) is 1.82. The van der Waals surface area contributed by atoms with E-state index in [1.54, 1.807) is 11.3 Å². The molecule has 2 rings (SSSR count). The molecule has 1 aromatic heterocycles. The Morgan fingerprint density at radius 3 is 2.88 bits per heavy atom. The lowest BCUT2D eigenvalue weighted by atomic mass is 10.1. The average Bonchev–Trinajstić information content (AvgIpc) is 2.78. The highest BCUT2D eigenvalue weighted by Crippen LogP contribution is 2.08. The fraction of sp³-hybridized carbons (Fsp3) is 0.154. The van der Waals surface area contributed by atoms with E-state index in [9.17, 15) is 4.79 Å². The molecule has 0 saturated heterocycles. The van der Waals surface area contributed by atoms with Crippen molar-refractivity contribution in [3.8, 4) is 0 Å². The lowest BCUT2D eigenvalue weighted by molar-refractivity contribution is 0.0951. The smallest absolute Gasteiger partial charge is 0.251 e. The third kappa shape index (κ3) is 2.70. The Morgan fingerprint density at radius 1 is 1.31 bits per heavy atom. The summed E-state index contributed by atoms with van der Waals surface area (Å²) >= 11 is 1.65. The highest BCUT2D eigenvalue weighted by molar-refractivity contribution is 7.09.